The highest BCUT2D eigenvalue weighted by molar-refractivity contribution is 9.10. The highest BCUT2D eigenvalue weighted by Crippen LogP contribution is 2.39. The van der Waals surface area contributed by atoms with Gasteiger partial charge in [0, 0.05) is 11.0 Å². The summed E-state index contributed by atoms with van der Waals surface area (Å²) in [6.45, 7) is 0.416. The van der Waals surface area contributed by atoms with Gasteiger partial charge in [-0.2, -0.15) is 0 Å². The Morgan fingerprint density at radius 2 is 1.96 bits per heavy atom. The van der Waals surface area contributed by atoms with Gasteiger partial charge in [0.15, 0.2) is 5.76 Å². The van der Waals surface area contributed by atoms with Crippen LogP contribution in [0.5, 0.6) is 0 Å². The summed E-state index contributed by atoms with van der Waals surface area (Å²) in [4.78, 5) is 27.5. The first-order valence-corrected chi connectivity index (χ1v) is 9.98. The third-order valence-corrected chi connectivity index (χ3v) is 5.59. The summed E-state index contributed by atoms with van der Waals surface area (Å²) in [6.07, 6.45) is 0. The van der Waals surface area contributed by atoms with E-state index in [0.717, 1.165) is 10.0 Å². The van der Waals surface area contributed by atoms with Crippen LogP contribution in [-0.4, -0.2) is 53.2 Å². The molecule has 1 aromatic carbocycles. The maximum Gasteiger partial charge on any atom is 0.290 e. The number of hydrogen-bond donors (Lipinski definition) is 2. The first kappa shape index (κ1) is 19.8. The molecule has 3 rings (SSSR count). The maximum absolute atomic E-state index is 13.0. The molecule has 142 valence electrons. The number of ether oxygens (including phenoxy) is 1. The quantitative estimate of drug-likeness (QED) is 0.475. The van der Waals surface area contributed by atoms with E-state index in [4.69, 9.17) is 9.84 Å². The Bertz CT molecular complexity index is 847. The number of benzene rings is 1. The molecule has 2 N–H and O–H groups in total. The summed E-state index contributed by atoms with van der Waals surface area (Å²) >= 11 is 4.64. The molecule has 0 saturated heterocycles. The minimum absolute atomic E-state index is 0.0759. The van der Waals surface area contributed by atoms with Gasteiger partial charge in [0.25, 0.3) is 5.91 Å². The Balaban J connectivity index is 1.96. The number of halogens is 1. The first-order chi connectivity index (χ1) is 13.0. The summed E-state index contributed by atoms with van der Waals surface area (Å²) in [5.74, 6) is -1.48. The van der Waals surface area contributed by atoms with Gasteiger partial charge >= 0.3 is 0 Å². The molecule has 0 unspecified atom stereocenters. The largest absolute Gasteiger partial charge is 0.503 e. The van der Waals surface area contributed by atoms with Crippen LogP contribution in [0.3, 0.4) is 0 Å². The van der Waals surface area contributed by atoms with Crippen LogP contribution in [0.15, 0.2) is 57.6 Å². The molecule has 1 aromatic heterocycles. The summed E-state index contributed by atoms with van der Waals surface area (Å²) in [7, 11) is 0. The molecular formula is C19H18BrNO5S. The van der Waals surface area contributed by atoms with Crippen molar-refractivity contribution in [1.29, 1.82) is 0 Å². The van der Waals surface area contributed by atoms with Crippen molar-refractivity contribution in [2.75, 3.05) is 26.4 Å². The predicted octanol–water partition coefficient (Wildman–Crippen LogP) is 3.10. The monoisotopic (exact) mass is 451 g/mol. The Morgan fingerprint density at radius 1 is 1.22 bits per heavy atom. The highest BCUT2D eigenvalue weighted by Gasteiger charge is 2.43. The van der Waals surface area contributed by atoms with Crippen molar-refractivity contribution >= 4 is 39.0 Å². The maximum atomic E-state index is 13.0. The van der Waals surface area contributed by atoms with E-state index in [-0.39, 0.29) is 37.7 Å². The fourth-order valence-corrected chi connectivity index (χ4v) is 3.92. The third kappa shape index (κ3) is 4.14. The van der Waals surface area contributed by atoms with Crippen LogP contribution in [0.1, 0.15) is 21.3 Å². The SMILES string of the molecule is O=C(C1=C(O)C(=O)N(CCOCCO)[C@H]1c1ccc(Br)cc1)c1cccs1. The lowest BCUT2D eigenvalue weighted by atomic mass is 9.95. The first-order valence-electron chi connectivity index (χ1n) is 8.31. The number of aliphatic hydroxyl groups excluding tert-OH is 2. The van der Waals surface area contributed by atoms with Gasteiger partial charge in [-0.15, -0.1) is 11.3 Å². The van der Waals surface area contributed by atoms with E-state index in [2.05, 4.69) is 15.9 Å². The molecule has 0 bridgehead atoms. The van der Waals surface area contributed by atoms with Crippen molar-refractivity contribution in [3.63, 3.8) is 0 Å². The Kier molecular flexibility index (Phi) is 6.43. The average molecular weight is 452 g/mol. The van der Waals surface area contributed by atoms with Gasteiger partial charge in [0.2, 0.25) is 5.78 Å². The Hall–Kier alpha value is -2.00. The van der Waals surface area contributed by atoms with Gasteiger partial charge in [0.05, 0.1) is 36.3 Å². The normalized spacial score (nSPS) is 17.0. The Labute approximate surface area is 168 Å². The molecule has 6 nitrogen and oxygen atoms in total. The number of ketones is 1. The van der Waals surface area contributed by atoms with E-state index in [1.54, 1.807) is 17.5 Å². The van der Waals surface area contributed by atoms with E-state index in [9.17, 15) is 14.7 Å². The molecule has 0 spiro atoms. The molecule has 2 heterocycles. The lowest BCUT2D eigenvalue weighted by Crippen LogP contribution is -2.34. The smallest absolute Gasteiger partial charge is 0.290 e. The zero-order valence-corrected chi connectivity index (χ0v) is 16.7. The van der Waals surface area contributed by atoms with Crippen LogP contribution in [0, 0.1) is 0 Å². The highest BCUT2D eigenvalue weighted by atomic mass is 79.9. The van der Waals surface area contributed by atoms with E-state index < -0.39 is 17.7 Å². The number of Topliss-reactive ketones (excluding diaryl/α,β-unsaturated/α-hetero) is 1. The van der Waals surface area contributed by atoms with Crippen molar-refractivity contribution in [2.45, 2.75) is 6.04 Å². The predicted molar refractivity (Wildman–Crippen MR) is 105 cm³/mol. The van der Waals surface area contributed by atoms with Crippen LogP contribution < -0.4 is 0 Å². The fraction of sp³-hybridized carbons (Fsp3) is 0.263. The van der Waals surface area contributed by atoms with Crippen molar-refractivity contribution in [2.24, 2.45) is 0 Å². The van der Waals surface area contributed by atoms with Crippen molar-refractivity contribution in [3.8, 4) is 0 Å². The van der Waals surface area contributed by atoms with Gasteiger partial charge < -0.3 is 19.8 Å². The molecule has 1 amide bonds. The number of carbonyl (C=O) groups excluding carboxylic acids is 2. The van der Waals surface area contributed by atoms with Crippen LogP contribution in [0.4, 0.5) is 0 Å². The molecule has 1 aliphatic rings. The van der Waals surface area contributed by atoms with E-state index in [1.165, 1.54) is 16.2 Å². The molecule has 8 heteroatoms. The van der Waals surface area contributed by atoms with Crippen LogP contribution in [0.25, 0.3) is 0 Å². The van der Waals surface area contributed by atoms with Crippen LogP contribution in [0.2, 0.25) is 0 Å². The molecule has 0 radical (unpaired) electrons. The zero-order valence-electron chi connectivity index (χ0n) is 14.3. The lowest BCUT2D eigenvalue weighted by molar-refractivity contribution is -0.130. The average Bonchev–Trinajstić information content (AvgIpc) is 3.28. The molecule has 27 heavy (non-hydrogen) atoms. The Morgan fingerprint density at radius 3 is 2.59 bits per heavy atom. The number of carbonyl (C=O) groups is 2. The van der Waals surface area contributed by atoms with Gasteiger partial charge in [-0.3, -0.25) is 9.59 Å². The molecule has 0 aliphatic carbocycles. The second kappa shape index (κ2) is 8.79. The van der Waals surface area contributed by atoms with Crippen molar-refractivity contribution < 1.29 is 24.5 Å². The second-order valence-electron chi connectivity index (χ2n) is 5.86. The summed E-state index contributed by atoms with van der Waals surface area (Å²) < 4.78 is 6.13. The molecule has 1 atom stereocenters. The summed E-state index contributed by atoms with van der Waals surface area (Å²) in [5, 5.41) is 21.1. The number of aliphatic hydroxyl groups is 2. The fourth-order valence-electron chi connectivity index (χ4n) is 2.98. The zero-order chi connectivity index (χ0) is 19.4. The number of nitrogens with zero attached hydrogens (tertiary/aromatic N) is 1. The summed E-state index contributed by atoms with van der Waals surface area (Å²) in [5.41, 5.74) is 0.796. The molecular weight excluding hydrogens is 434 g/mol. The molecule has 0 saturated carbocycles. The van der Waals surface area contributed by atoms with Crippen LogP contribution >= 0.6 is 27.3 Å². The number of amides is 1. The van der Waals surface area contributed by atoms with Gasteiger partial charge in [-0.1, -0.05) is 34.1 Å². The molecule has 0 fully saturated rings. The van der Waals surface area contributed by atoms with E-state index in [1.807, 2.05) is 24.3 Å². The minimum Gasteiger partial charge on any atom is -0.503 e. The lowest BCUT2D eigenvalue weighted by Gasteiger charge is -2.26. The van der Waals surface area contributed by atoms with E-state index in [0.29, 0.717) is 4.88 Å². The third-order valence-electron chi connectivity index (χ3n) is 4.19. The van der Waals surface area contributed by atoms with Crippen molar-refractivity contribution in [3.05, 3.63) is 68.0 Å². The number of rotatable bonds is 8. The van der Waals surface area contributed by atoms with Crippen LogP contribution in [-0.2, 0) is 9.53 Å². The van der Waals surface area contributed by atoms with Gasteiger partial charge in [0.1, 0.15) is 0 Å². The van der Waals surface area contributed by atoms with Gasteiger partial charge in [-0.25, -0.2) is 0 Å². The minimum atomic E-state index is -0.696. The topological polar surface area (TPSA) is 87.1 Å². The number of hydrogen-bond acceptors (Lipinski definition) is 6. The molecule has 1 aliphatic heterocycles. The second-order valence-corrected chi connectivity index (χ2v) is 7.72. The standard InChI is InChI=1S/C19H18BrNO5S/c20-13-5-3-12(4-6-13)16-15(17(23)14-2-1-11-27-14)18(24)19(25)21(16)7-9-26-10-8-22/h1-6,11,16,22,24H,7-10H2/t16-/m0/s1. The molecule has 2 aromatic rings. The summed E-state index contributed by atoms with van der Waals surface area (Å²) in [6, 6.07) is 9.99. The van der Waals surface area contributed by atoms with Gasteiger partial charge in [-0.05, 0) is 29.1 Å². The van der Waals surface area contributed by atoms with Crippen molar-refractivity contribution in [1.82, 2.24) is 4.90 Å². The van der Waals surface area contributed by atoms with E-state index >= 15 is 0 Å². The number of thiophene rings is 1.